The third-order valence-electron chi connectivity index (χ3n) is 4.48. The summed E-state index contributed by atoms with van der Waals surface area (Å²) in [4.78, 5) is 7.53. The molecule has 98 valence electrons. The van der Waals surface area contributed by atoms with Crippen LogP contribution < -0.4 is 0 Å². The van der Waals surface area contributed by atoms with Crippen molar-refractivity contribution in [1.29, 1.82) is 0 Å². The second-order valence-electron chi connectivity index (χ2n) is 5.43. The normalized spacial score (nSPS) is 23.6. The number of aromatic nitrogens is 5. The lowest BCUT2D eigenvalue weighted by Gasteiger charge is -2.16. The Labute approximate surface area is 111 Å². The van der Waals surface area contributed by atoms with E-state index in [0.29, 0.717) is 5.92 Å². The van der Waals surface area contributed by atoms with E-state index in [9.17, 15) is 0 Å². The minimum absolute atomic E-state index is 0.542. The van der Waals surface area contributed by atoms with Gasteiger partial charge in [0.2, 0.25) is 0 Å². The molecule has 5 nitrogen and oxygen atoms in total. The van der Waals surface area contributed by atoms with Gasteiger partial charge >= 0.3 is 0 Å². The molecule has 2 atom stereocenters. The maximum Gasteiger partial charge on any atom is 0.179 e. The molecule has 19 heavy (non-hydrogen) atoms. The van der Waals surface area contributed by atoms with Crippen molar-refractivity contribution in [2.24, 2.45) is 5.92 Å². The lowest BCUT2D eigenvalue weighted by Crippen LogP contribution is -2.09. The number of hydrogen-bond donors (Lipinski definition) is 1. The number of aromatic amines is 1. The maximum absolute atomic E-state index is 4.46. The van der Waals surface area contributed by atoms with Crippen LogP contribution in [0.3, 0.4) is 0 Å². The van der Waals surface area contributed by atoms with Gasteiger partial charge in [-0.25, -0.2) is 4.98 Å². The van der Waals surface area contributed by atoms with Crippen molar-refractivity contribution in [1.82, 2.24) is 24.6 Å². The Morgan fingerprint density at radius 3 is 3.21 bits per heavy atom. The average Bonchev–Trinajstić information content (AvgIpc) is 3.15. The third-order valence-corrected chi connectivity index (χ3v) is 4.48. The number of H-pyrrole nitrogens is 1. The van der Waals surface area contributed by atoms with Crippen molar-refractivity contribution in [3.8, 4) is 0 Å². The molecule has 1 fully saturated rings. The third kappa shape index (κ3) is 1.50. The summed E-state index contributed by atoms with van der Waals surface area (Å²) in [6.45, 7) is 2.28. The van der Waals surface area contributed by atoms with Gasteiger partial charge in [-0.05, 0) is 24.8 Å². The predicted octanol–water partition coefficient (Wildman–Crippen LogP) is 2.90. The van der Waals surface area contributed by atoms with Crippen LogP contribution in [0.25, 0.3) is 16.8 Å². The zero-order chi connectivity index (χ0) is 12.8. The Hall–Kier alpha value is -1.91. The summed E-state index contributed by atoms with van der Waals surface area (Å²) in [6.07, 6.45) is 8.80. The number of nitrogens with zero attached hydrogens (tertiary/aromatic N) is 4. The molecule has 0 radical (unpaired) electrons. The fourth-order valence-corrected chi connectivity index (χ4v) is 3.50. The lowest BCUT2D eigenvalue weighted by molar-refractivity contribution is 0.451. The minimum atomic E-state index is 0.542. The van der Waals surface area contributed by atoms with E-state index in [2.05, 4.69) is 37.6 Å². The van der Waals surface area contributed by atoms with E-state index < -0.39 is 0 Å². The van der Waals surface area contributed by atoms with Crippen molar-refractivity contribution >= 4 is 16.8 Å². The molecule has 3 aromatic heterocycles. The molecule has 1 aliphatic carbocycles. The van der Waals surface area contributed by atoms with E-state index in [4.69, 9.17) is 0 Å². The number of hydrogen-bond acceptors (Lipinski definition) is 3. The Morgan fingerprint density at radius 2 is 2.32 bits per heavy atom. The Bertz CT molecular complexity index is 726. The standard InChI is InChI=1S/C14H17N5/c1-2-9-4-3-5-10(9)14-18-17-12-8-16-13-11(19(12)14)6-7-15-13/h6-10,15H,2-5H2,1H3/t9-,10+/m1/s1. The van der Waals surface area contributed by atoms with Crippen LogP contribution >= 0.6 is 0 Å². The molecular formula is C14H17N5. The number of rotatable bonds is 2. The molecular weight excluding hydrogens is 238 g/mol. The molecule has 0 bridgehead atoms. The molecule has 3 heterocycles. The van der Waals surface area contributed by atoms with Gasteiger partial charge in [0, 0.05) is 12.1 Å². The topological polar surface area (TPSA) is 58.9 Å². The monoisotopic (exact) mass is 255 g/mol. The highest BCUT2D eigenvalue weighted by atomic mass is 15.3. The van der Waals surface area contributed by atoms with Gasteiger partial charge in [-0.15, -0.1) is 10.2 Å². The van der Waals surface area contributed by atoms with E-state index in [1.165, 1.54) is 25.7 Å². The van der Waals surface area contributed by atoms with Gasteiger partial charge in [0.25, 0.3) is 0 Å². The van der Waals surface area contributed by atoms with Crippen molar-refractivity contribution in [3.63, 3.8) is 0 Å². The van der Waals surface area contributed by atoms with E-state index in [-0.39, 0.29) is 0 Å². The van der Waals surface area contributed by atoms with Crippen LogP contribution in [0.1, 0.15) is 44.3 Å². The van der Waals surface area contributed by atoms with E-state index in [1.54, 1.807) is 6.20 Å². The molecule has 1 saturated carbocycles. The summed E-state index contributed by atoms with van der Waals surface area (Å²) < 4.78 is 2.18. The summed E-state index contributed by atoms with van der Waals surface area (Å²) in [5.74, 6) is 2.40. The Kier molecular flexibility index (Phi) is 2.33. The Morgan fingerprint density at radius 1 is 1.37 bits per heavy atom. The van der Waals surface area contributed by atoms with Crippen molar-refractivity contribution in [3.05, 3.63) is 24.3 Å². The van der Waals surface area contributed by atoms with Crippen LogP contribution in [-0.4, -0.2) is 24.6 Å². The van der Waals surface area contributed by atoms with Crippen molar-refractivity contribution < 1.29 is 0 Å². The summed E-state index contributed by atoms with van der Waals surface area (Å²) in [5.41, 5.74) is 2.84. The van der Waals surface area contributed by atoms with E-state index in [1.807, 2.05) is 6.20 Å². The zero-order valence-electron chi connectivity index (χ0n) is 11.0. The van der Waals surface area contributed by atoms with Gasteiger partial charge < -0.3 is 4.98 Å². The highest BCUT2D eigenvalue weighted by Gasteiger charge is 2.31. The van der Waals surface area contributed by atoms with Gasteiger partial charge in [-0.2, -0.15) is 0 Å². The summed E-state index contributed by atoms with van der Waals surface area (Å²) in [5, 5.41) is 8.76. The molecule has 0 unspecified atom stereocenters. The second kappa shape index (κ2) is 4.05. The molecule has 4 rings (SSSR count). The average molecular weight is 255 g/mol. The van der Waals surface area contributed by atoms with Crippen LogP contribution in [0.2, 0.25) is 0 Å². The van der Waals surface area contributed by atoms with Crippen LogP contribution in [0.4, 0.5) is 0 Å². The van der Waals surface area contributed by atoms with Crippen LogP contribution in [0.5, 0.6) is 0 Å². The van der Waals surface area contributed by atoms with Gasteiger partial charge in [-0.3, -0.25) is 4.40 Å². The zero-order valence-corrected chi connectivity index (χ0v) is 11.0. The quantitative estimate of drug-likeness (QED) is 0.766. The maximum atomic E-state index is 4.46. The molecule has 1 N–H and O–H groups in total. The molecule has 0 saturated heterocycles. The van der Waals surface area contributed by atoms with E-state index in [0.717, 1.165) is 28.6 Å². The second-order valence-corrected chi connectivity index (χ2v) is 5.43. The number of fused-ring (bicyclic) bond motifs is 3. The fourth-order valence-electron chi connectivity index (χ4n) is 3.50. The Balaban J connectivity index is 1.96. The first kappa shape index (κ1) is 11.0. The van der Waals surface area contributed by atoms with Gasteiger partial charge in [0.15, 0.2) is 11.3 Å². The van der Waals surface area contributed by atoms with Crippen LogP contribution in [0, 0.1) is 5.92 Å². The van der Waals surface area contributed by atoms with Crippen LogP contribution in [-0.2, 0) is 0 Å². The highest BCUT2D eigenvalue weighted by Crippen LogP contribution is 2.40. The summed E-state index contributed by atoms with van der Waals surface area (Å²) in [7, 11) is 0. The number of nitrogens with one attached hydrogen (secondary N) is 1. The van der Waals surface area contributed by atoms with Gasteiger partial charge in [0.1, 0.15) is 5.82 Å². The smallest absolute Gasteiger partial charge is 0.179 e. The molecule has 3 aromatic rings. The predicted molar refractivity (Wildman–Crippen MR) is 73.0 cm³/mol. The largest absolute Gasteiger partial charge is 0.345 e. The SMILES string of the molecule is CC[C@@H]1CCC[C@@H]1c1nnc2cnc3[nH]ccc3n12. The summed E-state index contributed by atoms with van der Waals surface area (Å²) in [6, 6.07) is 2.05. The molecule has 0 aromatic carbocycles. The molecule has 5 heteroatoms. The lowest BCUT2D eigenvalue weighted by atomic mass is 9.93. The van der Waals surface area contributed by atoms with E-state index >= 15 is 0 Å². The van der Waals surface area contributed by atoms with Crippen molar-refractivity contribution in [2.45, 2.75) is 38.5 Å². The summed E-state index contributed by atoms with van der Waals surface area (Å²) >= 11 is 0. The van der Waals surface area contributed by atoms with Gasteiger partial charge in [0.05, 0.1) is 11.7 Å². The molecule has 0 spiro atoms. The molecule has 0 aliphatic heterocycles. The minimum Gasteiger partial charge on any atom is -0.345 e. The van der Waals surface area contributed by atoms with Crippen molar-refractivity contribution in [2.75, 3.05) is 0 Å². The van der Waals surface area contributed by atoms with Gasteiger partial charge in [-0.1, -0.05) is 19.8 Å². The first-order valence-electron chi connectivity index (χ1n) is 7.05. The first-order chi connectivity index (χ1) is 9.38. The highest BCUT2D eigenvalue weighted by molar-refractivity contribution is 5.74. The fraction of sp³-hybridized carbons (Fsp3) is 0.500. The molecule has 1 aliphatic rings. The van der Waals surface area contributed by atoms with Crippen LogP contribution in [0.15, 0.2) is 18.5 Å². The first-order valence-corrected chi connectivity index (χ1v) is 7.05. The molecule has 0 amide bonds.